The van der Waals surface area contributed by atoms with Crippen LogP contribution in [0.5, 0.6) is 0 Å². The Hall–Kier alpha value is -2.98. The second-order valence-electron chi connectivity index (χ2n) is 6.28. The van der Waals surface area contributed by atoms with E-state index in [1.165, 1.54) is 0 Å². The number of nitrogens with zero attached hydrogens (tertiary/aromatic N) is 3. The molecule has 0 atom stereocenters. The lowest BCUT2D eigenvalue weighted by Crippen LogP contribution is -2.43. The molecular weight excluding hydrogens is 320 g/mol. The minimum Gasteiger partial charge on any atom is -0.354 e. The van der Waals surface area contributed by atoms with Gasteiger partial charge in [0.15, 0.2) is 5.82 Å². The summed E-state index contributed by atoms with van der Waals surface area (Å²) in [4.78, 5) is 12.0. The van der Waals surface area contributed by atoms with E-state index in [0.717, 1.165) is 54.7 Å². The van der Waals surface area contributed by atoms with Crippen molar-refractivity contribution in [3.05, 3.63) is 90.0 Å². The average Bonchev–Trinajstić information content (AvgIpc) is 2.74. The summed E-state index contributed by atoms with van der Waals surface area (Å²) in [7, 11) is 0. The maximum absolute atomic E-state index is 4.92. The van der Waals surface area contributed by atoms with Gasteiger partial charge in [-0.05, 0) is 12.1 Å². The van der Waals surface area contributed by atoms with Crippen molar-refractivity contribution in [2.24, 2.45) is 4.99 Å². The molecular formula is C22H22N4. The number of hydrogen-bond donors (Lipinski definition) is 1. The molecule has 1 aromatic heterocycles. The van der Waals surface area contributed by atoms with Crippen LogP contribution in [0.3, 0.4) is 0 Å². The Labute approximate surface area is 154 Å². The largest absolute Gasteiger partial charge is 0.354 e. The number of rotatable bonds is 4. The number of piperazine rings is 1. The highest BCUT2D eigenvalue weighted by Crippen LogP contribution is 2.20. The Bertz CT molecular complexity index is 827. The van der Waals surface area contributed by atoms with Crippen molar-refractivity contribution in [2.75, 3.05) is 31.1 Å². The molecule has 4 rings (SSSR count). The Morgan fingerprint density at radius 2 is 1.38 bits per heavy atom. The molecule has 0 amide bonds. The van der Waals surface area contributed by atoms with E-state index in [0.29, 0.717) is 0 Å². The highest BCUT2D eigenvalue weighted by molar-refractivity contribution is 6.13. The van der Waals surface area contributed by atoms with Gasteiger partial charge in [-0.25, -0.2) is 9.98 Å². The van der Waals surface area contributed by atoms with Gasteiger partial charge < -0.3 is 10.2 Å². The highest BCUT2D eigenvalue weighted by Gasteiger charge is 2.12. The van der Waals surface area contributed by atoms with Crippen LogP contribution in [-0.4, -0.2) is 36.9 Å². The van der Waals surface area contributed by atoms with E-state index in [4.69, 9.17) is 9.98 Å². The molecule has 130 valence electrons. The van der Waals surface area contributed by atoms with Crippen molar-refractivity contribution < 1.29 is 0 Å². The molecule has 0 saturated carbocycles. The van der Waals surface area contributed by atoms with Crippen molar-refractivity contribution in [1.29, 1.82) is 0 Å². The van der Waals surface area contributed by atoms with Gasteiger partial charge in [0.25, 0.3) is 0 Å². The maximum Gasteiger partial charge on any atom is 0.154 e. The maximum atomic E-state index is 4.92. The number of nitrogens with one attached hydrogen (secondary N) is 1. The molecule has 0 aliphatic carbocycles. The number of benzene rings is 2. The normalized spacial score (nSPS) is 14.1. The second kappa shape index (κ2) is 7.93. The Morgan fingerprint density at radius 3 is 2.00 bits per heavy atom. The van der Waals surface area contributed by atoms with E-state index < -0.39 is 0 Å². The third-order valence-corrected chi connectivity index (χ3v) is 4.48. The van der Waals surface area contributed by atoms with Gasteiger partial charge in [-0.1, -0.05) is 66.7 Å². The molecule has 3 aromatic rings. The number of pyridine rings is 1. The van der Waals surface area contributed by atoms with Crippen molar-refractivity contribution in [3.63, 3.8) is 0 Å². The summed E-state index contributed by atoms with van der Waals surface area (Å²) < 4.78 is 0. The predicted molar refractivity (Wildman–Crippen MR) is 108 cm³/mol. The van der Waals surface area contributed by atoms with Crippen LogP contribution in [0.25, 0.3) is 0 Å². The van der Waals surface area contributed by atoms with Gasteiger partial charge in [0.2, 0.25) is 0 Å². The van der Waals surface area contributed by atoms with Crippen molar-refractivity contribution in [1.82, 2.24) is 10.3 Å². The van der Waals surface area contributed by atoms with Crippen LogP contribution in [0.15, 0.2) is 83.9 Å². The Balaban J connectivity index is 1.73. The van der Waals surface area contributed by atoms with Crippen LogP contribution in [0.2, 0.25) is 0 Å². The van der Waals surface area contributed by atoms with Crippen LogP contribution in [0.4, 0.5) is 11.6 Å². The van der Waals surface area contributed by atoms with E-state index >= 15 is 0 Å². The number of anilines is 1. The first-order valence-corrected chi connectivity index (χ1v) is 9.02. The molecule has 0 unspecified atom stereocenters. The molecule has 4 heteroatoms. The van der Waals surface area contributed by atoms with Gasteiger partial charge in [-0.15, -0.1) is 0 Å². The van der Waals surface area contributed by atoms with Gasteiger partial charge in [-0.2, -0.15) is 0 Å². The predicted octanol–water partition coefficient (Wildman–Crippen LogP) is 3.66. The minimum absolute atomic E-state index is 0.740. The molecule has 2 aromatic carbocycles. The lowest BCUT2D eigenvalue weighted by molar-refractivity contribution is 0.585. The van der Waals surface area contributed by atoms with E-state index in [1.807, 2.05) is 48.5 Å². The topological polar surface area (TPSA) is 40.5 Å². The summed E-state index contributed by atoms with van der Waals surface area (Å²) in [5, 5.41) is 3.38. The standard InChI is InChI=1S/C22H22N4/c1-3-8-18(9-4-1)22(19-10-5-2-6-11-19)25-20-12-7-13-21(24-20)26-16-14-23-15-17-26/h1-13,23H,14-17H2. The summed E-state index contributed by atoms with van der Waals surface area (Å²) >= 11 is 0. The molecule has 1 aliphatic heterocycles. The van der Waals surface area contributed by atoms with E-state index in [2.05, 4.69) is 40.5 Å². The zero-order valence-corrected chi connectivity index (χ0v) is 14.7. The first-order chi connectivity index (χ1) is 12.9. The molecule has 1 fully saturated rings. The van der Waals surface area contributed by atoms with Gasteiger partial charge in [0.05, 0.1) is 5.71 Å². The van der Waals surface area contributed by atoms with E-state index in [-0.39, 0.29) is 0 Å². The van der Waals surface area contributed by atoms with Crippen LogP contribution in [0.1, 0.15) is 11.1 Å². The highest BCUT2D eigenvalue weighted by atomic mass is 15.2. The van der Waals surface area contributed by atoms with E-state index in [9.17, 15) is 0 Å². The number of hydrogen-bond acceptors (Lipinski definition) is 4. The SMILES string of the molecule is c1ccc(C(=Nc2cccc(N3CCNCC3)n2)c2ccccc2)cc1. The molecule has 1 saturated heterocycles. The summed E-state index contributed by atoms with van der Waals surface area (Å²) in [6, 6.07) is 26.6. The monoisotopic (exact) mass is 342 g/mol. The van der Waals surface area contributed by atoms with Crippen molar-refractivity contribution in [3.8, 4) is 0 Å². The summed E-state index contributed by atoms with van der Waals surface area (Å²) in [5.41, 5.74) is 3.12. The summed E-state index contributed by atoms with van der Waals surface area (Å²) in [5.74, 6) is 1.73. The molecule has 2 heterocycles. The van der Waals surface area contributed by atoms with Crippen LogP contribution >= 0.6 is 0 Å². The lowest BCUT2D eigenvalue weighted by atomic mass is 10.0. The molecule has 1 aliphatic rings. The molecule has 4 nitrogen and oxygen atoms in total. The van der Waals surface area contributed by atoms with Crippen molar-refractivity contribution in [2.45, 2.75) is 0 Å². The lowest BCUT2D eigenvalue weighted by Gasteiger charge is -2.28. The van der Waals surface area contributed by atoms with Gasteiger partial charge >= 0.3 is 0 Å². The molecule has 0 spiro atoms. The molecule has 26 heavy (non-hydrogen) atoms. The molecule has 0 bridgehead atoms. The summed E-state index contributed by atoms with van der Waals surface area (Å²) in [6.07, 6.45) is 0. The fourth-order valence-electron chi connectivity index (χ4n) is 3.15. The summed E-state index contributed by atoms with van der Waals surface area (Å²) in [6.45, 7) is 3.94. The van der Waals surface area contributed by atoms with Gasteiger partial charge in [0.1, 0.15) is 5.82 Å². The Kier molecular flexibility index (Phi) is 5.03. The first-order valence-electron chi connectivity index (χ1n) is 9.02. The molecule has 1 N–H and O–H groups in total. The van der Waals surface area contributed by atoms with Crippen LogP contribution < -0.4 is 10.2 Å². The van der Waals surface area contributed by atoms with Gasteiger partial charge in [-0.3, -0.25) is 0 Å². The fourth-order valence-corrected chi connectivity index (χ4v) is 3.15. The van der Waals surface area contributed by atoms with Crippen LogP contribution in [0, 0.1) is 0 Å². The van der Waals surface area contributed by atoms with Gasteiger partial charge in [0, 0.05) is 37.3 Å². The Morgan fingerprint density at radius 1 is 0.769 bits per heavy atom. The van der Waals surface area contributed by atoms with E-state index in [1.54, 1.807) is 0 Å². The number of aromatic nitrogens is 1. The molecule has 0 radical (unpaired) electrons. The second-order valence-corrected chi connectivity index (χ2v) is 6.28. The zero-order valence-electron chi connectivity index (χ0n) is 14.7. The quantitative estimate of drug-likeness (QED) is 0.736. The minimum atomic E-state index is 0.740. The third-order valence-electron chi connectivity index (χ3n) is 4.48. The zero-order chi connectivity index (χ0) is 17.6. The smallest absolute Gasteiger partial charge is 0.154 e. The number of aliphatic imine (C=N–C) groups is 1. The average molecular weight is 342 g/mol. The fraction of sp³-hybridized carbons (Fsp3) is 0.182. The third kappa shape index (κ3) is 3.81. The van der Waals surface area contributed by atoms with Crippen molar-refractivity contribution >= 4 is 17.3 Å². The first kappa shape index (κ1) is 16.5. The van der Waals surface area contributed by atoms with Crippen LogP contribution in [-0.2, 0) is 0 Å².